The van der Waals surface area contributed by atoms with Crippen molar-refractivity contribution in [3.8, 4) is 0 Å². The topological polar surface area (TPSA) is 161 Å². The Morgan fingerprint density at radius 2 is 0.750 bits per heavy atom. The van der Waals surface area contributed by atoms with Crippen LogP contribution >= 0.6 is 0 Å². The van der Waals surface area contributed by atoms with Gasteiger partial charge in [-0.3, -0.25) is 28.8 Å². The van der Waals surface area contributed by atoms with Crippen LogP contribution < -0.4 is 0 Å². The standard InChI is InChI=1S/C51H93NO12/c1-8-13-17-25-36-59-45(53)30-21-23-32-47(55)61-39-51(41-63-49(57)34-27-35-52(12-5)43(6)7,42-64-50(58)38-44(28-19-15-10-3)29-20-16-11-4)40-62-48(56)33-24-22-31-46(54)60-37-26-18-14-9-2/h43-44H,8-42H2,1-7H3. The molecule has 0 bridgehead atoms. The van der Waals surface area contributed by atoms with Gasteiger partial charge in [0, 0.05) is 44.6 Å². The Balaban J connectivity index is 5.97. The van der Waals surface area contributed by atoms with E-state index in [0.29, 0.717) is 57.9 Å². The SMILES string of the molecule is CCCCCCOC(=O)CCCCC(=O)OCC(COC(=O)CCCCC(=O)OCCCCCC)(COC(=O)CCCN(CC)C(C)C)COC(=O)CC(CCCCC)CCCCC. The van der Waals surface area contributed by atoms with E-state index in [1.54, 1.807) is 0 Å². The van der Waals surface area contributed by atoms with E-state index in [0.717, 1.165) is 109 Å². The monoisotopic (exact) mass is 912 g/mol. The van der Waals surface area contributed by atoms with Crippen LogP contribution in [0.3, 0.4) is 0 Å². The second-order valence-corrected chi connectivity index (χ2v) is 18.0. The third kappa shape index (κ3) is 35.1. The Bertz CT molecular complexity index is 1160. The second-order valence-electron chi connectivity index (χ2n) is 18.0. The van der Waals surface area contributed by atoms with Gasteiger partial charge in [0.1, 0.15) is 31.8 Å². The van der Waals surface area contributed by atoms with Crippen molar-refractivity contribution in [3.63, 3.8) is 0 Å². The fourth-order valence-corrected chi connectivity index (χ4v) is 7.27. The molecule has 0 aliphatic rings. The summed E-state index contributed by atoms with van der Waals surface area (Å²) in [7, 11) is 0. The van der Waals surface area contributed by atoms with Gasteiger partial charge in [-0.2, -0.15) is 0 Å². The molecule has 0 N–H and O–H groups in total. The number of carbonyl (C=O) groups is 6. The zero-order valence-corrected chi connectivity index (χ0v) is 41.7. The van der Waals surface area contributed by atoms with Crippen LogP contribution in [0.4, 0.5) is 0 Å². The van der Waals surface area contributed by atoms with Crippen LogP contribution in [-0.4, -0.2) is 99.5 Å². The summed E-state index contributed by atoms with van der Waals surface area (Å²) in [6.07, 6.45) is 19.4. The van der Waals surface area contributed by atoms with Gasteiger partial charge in [-0.15, -0.1) is 0 Å². The molecule has 374 valence electrons. The predicted molar refractivity (Wildman–Crippen MR) is 251 cm³/mol. The molecule has 0 aromatic carbocycles. The number of unbranched alkanes of at least 4 members (excludes halogenated alkanes) is 12. The first-order valence-corrected chi connectivity index (χ1v) is 25.5. The van der Waals surface area contributed by atoms with Crippen molar-refractivity contribution < 1.29 is 57.2 Å². The molecule has 0 aliphatic carbocycles. The summed E-state index contributed by atoms with van der Waals surface area (Å²) < 4.78 is 33.9. The average molecular weight is 912 g/mol. The molecule has 0 rings (SSSR count). The van der Waals surface area contributed by atoms with Crippen LogP contribution in [0.1, 0.15) is 222 Å². The molecule has 64 heavy (non-hydrogen) atoms. The van der Waals surface area contributed by atoms with Crippen LogP contribution in [0.25, 0.3) is 0 Å². The van der Waals surface area contributed by atoms with Crippen LogP contribution in [0.5, 0.6) is 0 Å². The van der Waals surface area contributed by atoms with Gasteiger partial charge in [0.2, 0.25) is 0 Å². The fraction of sp³-hybridized carbons (Fsp3) is 0.882. The summed E-state index contributed by atoms with van der Waals surface area (Å²) in [5.41, 5.74) is -1.38. The van der Waals surface area contributed by atoms with Crippen LogP contribution in [0, 0.1) is 11.3 Å². The van der Waals surface area contributed by atoms with Crippen molar-refractivity contribution in [1.82, 2.24) is 4.90 Å². The maximum Gasteiger partial charge on any atom is 0.306 e. The van der Waals surface area contributed by atoms with Crippen LogP contribution in [0.15, 0.2) is 0 Å². The fourth-order valence-electron chi connectivity index (χ4n) is 7.27. The lowest BCUT2D eigenvalue weighted by Crippen LogP contribution is -2.44. The molecule has 0 aromatic rings. The lowest BCUT2D eigenvalue weighted by atomic mass is 9.91. The molecule has 0 fully saturated rings. The lowest BCUT2D eigenvalue weighted by Gasteiger charge is -2.32. The Morgan fingerprint density at radius 3 is 1.11 bits per heavy atom. The van der Waals surface area contributed by atoms with Crippen molar-refractivity contribution in [3.05, 3.63) is 0 Å². The Morgan fingerprint density at radius 1 is 0.406 bits per heavy atom. The molecule has 0 spiro atoms. The molecule has 13 nitrogen and oxygen atoms in total. The first-order valence-electron chi connectivity index (χ1n) is 25.5. The van der Waals surface area contributed by atoms with E-state index >= 15 is 0 Å². The Labute approximate surface area is 388 Å². The first kappa shape index (κ1) is 60.8. The molecule has 0 radical (unpaired) electrons. The highest BCUT2D eigenvalue weighted by Crippen LogP contribution is 2.26. The van der Waals surface area contributed by atoms with Gasteiger partial charge in [0.05, 0.1) is 13.2 Å². The normalized spacial score (nSPS) is 11.5. The summed E-state index contributed by atoms with van der Waals surface area (Å²) in [5, 5.41) is 0. The number of esters is 6. The minimum atomic E-state index is -1.38. The van der Waals surface area contributed by atoms with Gasteiger partial charge in [-0.05, 0) is 90.6 Å². The number of ether oxygens (including phenoxy) is 6. The molecule has 0 saturated carbocycles. The molecule has 0 heterocycles. The van der Waals surface area contributed by atoms with E-state index < -0.39 is 29.3 Å². The minimum absolute atomic E-state index is 0.0291. The zero-order valence-electron chi connectivity index (χ0n) is 41.7. The molecular weight excluding hydrogens is 819 g/mol. The van der Waals surface area contributed by atoms with Crippen LogP contribution in [-0.2, 0) is 57.2 Å². The van der Waals surface area contributed by atoms with Crippen molar-refractivity contribution >= 4 is 35.8 Å². The van der Waals surface area contributed by atoms with E-state index in [-0.39, 0.29) is 82.8 Å². The smallest absolute Gasteiger partial charge is 0.306 e. The van der Waals surface area contributed by atoms with E-state index in [2.05, 4.69) is 53.4 Å². The highest BCUT2D eigenvalue weighted by Gasteiger charge is 2.38. The summed E-state index contributed by atoms with van der Waals surface area (Å²) in [6.45, 7) is 15.9. The van der Waals surface area contributed by atoms with Gasteiger partial charge in [0.15, 0.2) is 0 Å². The second kappa shape index (κ2) is 41.2. The third-order valence-electron chi connectivity index (χ3n) is 11.6. The molecule has 0 atom stereocenters. The predicted octanol–water partition coefficient (Wildman–Crippen LogP) is 11.2. The van der Waals surface area contributed by atoms with E-state index in [1.807, 2.05) is 0 Å². The number of rotatable bonds is 44. The largest absolute Gasteiger partial charge is 0.466 e. The number of carbonyl (C=O) groups excluding carboxylic acids is 6. The van der Waals surface area contributed by atoms with Crippen LogP contribution in [0.2, 0.25) is 0 Å². The summed E-state index contributed by atoms with van der Waals surface area (Å²) in [5.74, 6) is -2.38. The van der Waals surface area contributed by atoms with Crippen molar-refractivity contribution in [2.45, 2.75) is 228 Å². The number of hydrogen-bond donors (Lipinski definition) is 0. The minimum Gasteiger partial charge on any atom is -0.466 e. The maximum atomic E-state index is 13.5. The summed E-state index contributed by atoms with van der Waals surface area (Å²) in [4.78, 5) is 79.6. The quantitative estimate of drug-likeness (QED) is 0.0323. The highest BCUT2D eigenvalue weighted by molar-refractivity contribution is 5.72. The van der Waals surface area contributed by atoms with Crippen molar-refractivity contribution in [1.29, 1.82) is 0 Å². The summed E-state index contributed by atoms with van der Waals surface area (Å²) >= 11 is 0. The zero-order chi connectivity index (χ0) is 47.7. The molecule has 0 aliphatic heterocycles. The molecule has 13 heteroatoms. The van der Waals surface area contributed by atoms with E-state index in [9.17, 15) is 28.8 Å². The van der Waals surface area contributed by atoms with Gasteiger partial charge in [-0.25, -0.2) is 0 Å². The van der Waals surface area contributed by atoms with Gasteiger partial charge >= 0.3 is 35.8 Å². The molecule has 0 amide bonds. The average Bonchev–Trinajstić information content (AvgIpc) is 3.27. The molecule has 0 aromatic heterocycles. The van der Waals surface area contributed by atoms with Crippen molar-refractivity contribution in [2.24, 2.45) is 11.3 Å². The Hall–Kier alpha value is -3.22. The van der Waals surface area contributed by atoms with E-state index in [4.69, 9.17) is 28.4 Å². The molecular formula is C51H93NO12. The van der Waals surface area contributed by atoms with Gasteiger partial charge in [-0.1, -0.05) is 112 Å². The van der Waals surface area contributed by atoms with Gasteiger partial charge < -0.3 is 33.3 Å². The number of nitrogens with zero attached hydrogens (tertiary/aromatic N) is 1. The molecule has 0 unspecified atom stereocenters. The lowest BCUT2D eigenvalue weighted by molar-refractivity contribution is -0.171. The van der Waals surface area contributed by atoms with E-state index in [1.165, 1.54) is 0 Å². The van der Waals surface area contributed by atoms with Gasteiger partial charge in [0.25, 0.3) is 0 Å². The molecule has 0 saturated heterocycles. The maximum absolute atomic E-state index is 13.5. The third-order valence-corrected chi connectivity index (χ3v) is 11.6. The highest BCUT2D eigenvalue weighted by atomic mass is 16.6. The van der Waals surface area contributed by atoms with Crippen molar-refractivity contribution in [2.75, 3.05) is 52.7 Å². The first-order chi connectivity index (χ1) is 30.8. The number of hydrogen-bond acceptors (Lipinski definition) is 13. The summed E-state index contributed by atoms with van der Waals surface area (Å²) in [6, 6.07) is 0.328. The Kier molecular flexibility index (Phi) is 39.2.